The van der Waals surface area contributed by atoms with Crippen LogP contribution in [-0.2, 0) is 0 Å². The first kappa shape index (κ1) is 14.9. The maximum Gasteiger partial charge on any atom is 0.356 e. The van der Waals surface area contributed by atoms with Gasteiger partial charge in [0, 0.05) is 23.5 Å². The zero-order valence-corrected chi connectivity index (χ0v) is 12.8. The zero-order valence-electron chi connectivity index (χ0n) is 12.8. The molecule has 0 spiro atoms. The predicted molar refractivity (Wildman–Crippen MR) is 85.6 cm³/mol. The van der Waals surface area contributed by atoms with Gasteiger partial charge in [-0.1, -0.05) is 44.2 Å². The molecule has 1 aromatic carbocycles. The summed E-state index contributed by atoms with van der Waals surface area (Å²) in [4.78, 5) is 20.1. The van der Waals surface area contributed by atoms with E-state index in [9.17, 15) is 4.79 Å². The fourth-order valence-corrected chi connectivity index (χ4v) is 2.15. The largest absolute Gasteiger partial charge is 0.476 e. The number of rotatable bonds is 4. The number of aromatic nitrogens is 4. The molecule has 3 aromatic rings. The van der Waals surface area contributed by atoms with Crippen LogP contribution >= 0.6 is 0 Å². The van der Waals surface area contributed by atoms with Crippen LogP contribution in [0.25, 0.3) is 17.2 Å². The van der Waals surface area contributed by atoms with E-state index in [1.165, 1.54) is 10.7 Å². The number of aromatic carboxylic acids is 1. The van der Waals surface area contributed by atoms with Crippen molar-refractivity contribution in [3.05, 3.63) is 60.0 Å². The van der Waals surface area contributed by atoms with Gasteiger partial charge in [-0.05, 0) is 12.0 Å². The van der Waals surface area contributed by atoms with Crippen molar-refractivity contribution >= 4 is 5.97 Å². The summed E-state index contributed by atoms with van der Waals surface area (Å²) in [7, 11) is 0. The zero-order chi connectivity index (χ0) is 16.4. The molecule has 116 valence electrons. The molecule has 2 heterocycles. The highest BCUT2D eigenvalue weighted by Crippen LogP contribution is 2.21. The molecule has 6 nitrogen and oxygen atoms in total. The third-order valence-corrected chi connectivity index (χ3v) is 3.40. The van der Waals surface area contributed by atoms with Crippen molar-refractivity contribution in [1.82, 2.24) is 19.7 Å². The number of carboxylic acids is 1. The predicted octanol–water partition coefficient (Wildman–Crippen LogP) is 3.15. The van der Waals surface area contributed by atoms with Gasteiger partial charge in [0.25, 0.3) is 0 Å². The number of carboxylic acid groups (broad SMARTS) is 1. The van der Waals surface area contributed by atoms with Gasteiger partial charge in [0.05, 0.1) is 0 Å². The summed E-state index contributed by atoms with van der Waals surface area (Å²) in [5.74, 6) is 0.299. The lowest BCUT2D eigenvalue weighted by Crippen LogP contribution is -2.06. The topological polar surface area (TPSA) is 80.9 Å². The Bertz CT molecular complexity index is 841. The second-order valence-corrected chi connectivity index (χ2v) is 5.45. The average molecular weight is 308 g/mol. The Morgan fingerprint density at radius 1 is 1.13 bits per heavy atom. The van der Waals surface area contributed by atoms with Crippen molar-refractivity contribution < 1.29 is 9.90 Å². The number of benzene rings is 1. The second kappa shape index (κ2) is 6.00. The second-order valence-electron chi connectivity index (χ2n) is 5.45. The molecule has 0 atom stereocenters. The normalized spacial score (nSPS) is 10.9. The third kappa shape index (κ3) is 3.11. The Morgan fingerprint density at radius 3 is 2.48 bits per heavy atom. The van der Waals surface area contributed by atoms with Gasteiger partial charge in [-0.25, -0.2) is 19.4 Å². The van der Waals surface area contributed by atoms with Crippen molar-refractivity contribution in [1.29, 1.82) is 0 Å². The summed E-state index contributed by atoms with van der Waals surface area (Å²) in [5, 5.41) is 13.1. The molecule has 0 saturated carbocycles. The van der Waals surface area contributed by atoms with E-state index in [0.29, 0.717) is 11.6 Å². The SMILES string of the molecule is CC(C)c1cc(-n2ccc(C(=O)O)n2)nc(-c2ccccc2)n1. The van der Waals surface area contributed by atoms with Crippen molar-refractivity contribution in [3.63, 3.8) is 0 Å². The minimum Gasteiger partial charge on any atom is -0.476 e. The molecule has 0 bridgehead atoms. The molecule has 6 heteroatoms. The molecule has 0 radical (unpaired) electrons. The van der Waals surface area contributed by atoms with Gasteiger partial charge in [-0.3, -0.25) is 0 Å². The van der Waals surface area contributed by atoms with Crippen LogP contribution in [0, 0.1) is 0 Å². The van der Waals surface area contributed by atoms with Gasteiger partial charge < -0.3 is 5.11 Å². The molecule has 0 fully saturated rings. The van der Waals surface area contributed by atoms with Gasteiger partial charge in [-0.2, -0.15) is 5.10 Å². The van der Waals surface area contributed by atoms with E-state index in [1.807, 2.05) is 50.2 Å². The van der Waals surface area contributed by atoms with Gasteiger partial charge in [0.2, 0.25) is 0 Å². The monoisotopic (exact) mass is 308 g/mol. The van der Waals surface area contributed by atoms with E-state index in [0.717, 1.165) is 11.3 Å². The lowest BCUT2D eigenvalue weighted by atomic mass is 10.1. The average Bonchev–Trinajstić information content (AvgIpc) is 3.05. The molecule has 2 aromatic heterocycles. The number of hydrogen-bond donors (Lipinski definition) is 1. The lowest BCUT2D eigenvalue weighted by molar-refractivity contribution is 0.0690. The Hall–Kier alpha value is -3.02. The Labute approximate surface area is 133 Å². The first-order valence-corrected chi connectivity index (χ1v) is 7.28. The van der Waals surface area contributed by atoms with Crippen LogP contribution in [0.1, 0.15) is 35.9 Å². The molecule has 0 saturated heterocycles. The quantitative estimate of drug-likeness (QED) is 0.800. The van der Waals surface area contributed by atoms with Crippen LogP contribution in [0.15, 0.2) is 48.7 Å². The number of hydrogen-bond acceptors (Lipinski definition) is 4. The van der Waals surface area contributed by atoms with Crippen LogP contribution in [0.5, 0.6) is 0 Å². The Kier molecular flexibility index (Phi) is 3.89. The fourth-order valence-electron chi connectivity index (χ4n) is 2.15. The lowest BCUT2D eigenvalue weighted by Gasteiger charge is -2.10. The molecule has 0 aliphatic heterocycles. The van der Waals surface area contributed by atoms with Gasteiger partial charge in [-0.15, -0.1) is 0 Å². The first-order valence-electron chi connectivity index (χ1n) is 7.28. The van der Waals surface area contributed by atoms with Crippen LogP contribution in [-0.4, -0.2) is 30.8 Å². The van der Waals surface area contributed by atoms with E-state index in [4.69, 9.17) is 5.11 Å². The minimum atomic E-state index is -1.06. The summed E-state index contributed by atoms with van der Waals surface area (Å²) in [6.07, 6.45) is 1.59. The van der Waals surface area contributed by atoms with E-state index in [1.54, 1.807) is 6.20 Å². The van der Waals surface area contributed by atoms with E-state index in [2.05, 4.69) is 15.1 Å². The maximum absolute atomic E-state index is 11.0. The highest BCUT2D eigenvalue weighted by atomic mass is 16.4. The summed E-state index contributed by atoms with van der Waals surface area (Å²) in [5.41, 5.74) is 1.76. The molecule has 0 aliphatic rings. The fraction of sp³-hybridized carbons (Fsp3) is 0.176. The van der Waals surface area contributed by atoms with Crippen molar-refractivity contribution in [3.8, 4) is 17.2 Å². The van der Waals surface area contributed by atoms with Crippen molar-refractivity contribution in [2.75, 3.05) is 0 Å². The summed E-state index contributed by atoms with van der Waals surface area (Å²) < 4.78 is 1.46. The van der Waals surface area contributed by atoms with E-state index in [-0.39, 0.29) is 11.6 Å². The highest BCUT2D eigenvalue weighted by Gasteiger charge is 2.13. The molecule has 3 rings (SSSR count). The summed E-state index contributed by atoms with van der Waals surface area (Å²) >= 11 is 0. The first-order chi connectivity index (χ1) is 11.0. The molecular weight excluding hydrogens is 292 g/mol. The Morgan fingerprint density at radius 2 is 1.87 bits per heavy atom. The molecule has 0 unspecified atom stereocenters. The van der Waals surface area contributed by atoms with E-state index >= 15 is 0 Å². The van der Waals surface area contributed by atoms with Gasteiger partial charge >= 0.3 is 5.97 Å². The molecule has 0 aliphatic carbocycles. The van der Waals surface area contributed by atoms with E-state index < -0.39 is 5.97 Å². The third-order valence-electron chi connectivity index (χ3n) is 3.40. The van der Waals surface area contributed by atoms with Crippen LogP contribution in [0.2, 0.25) is 0 Å². The van der Waals surface area contributed by atoms with Crippen molar-refractivity contribution in [2.24, 2.45) is 0 Å². The van der Waals surface area contributed by atoms with Crippen molar-refractivity contribution in [2.45, 2.75) is 19.8 Å². The molecule has 0 amide bonds. The smallest absolute Gasteiger partial charge is 0.356 e. The van der Waals surface area contributed by atoms with Crippen LogP contribution < -0.4 is 0 Å². The molecular formula is C17H16N4O2. The molecule has 23 heavy (non-hydrogen) atoms. The van der Waals surface area contributed by atoms with Gasteiger partial charge in [0.1, 0.15) is 0 Å². The van der Waals surface area contributed by atoms with Gasteiger partial charge in [0.15, 0.2) is 17.3 Å². The number of nitrogens with zero attached hydrogens (tertiary/aromatic N) is 4. The van der Waals surface area contributed by atoms with Crippen LogP contribution in [0.3, 0.4) is 0 Å². The minimum absolute atomic E-state index is 0.0176. The maximum atomic E-state index is 11.0. The highest BCUT2D eigenvalue weighted by molar-refractivity contribution is 5.85. The summed E-state index contributed by atoms with van der Waals surface area (Å²) in [6, 6.07) is 12.9. The molecule has 1 N–H and O–H groups in total. The Balaban J connectivity index is 2.12. The van der Waals surface area contributed by atoms with Crippen LogP contribution in [0.4, 0.5) is 0 Å². The standard InChI is InChI=1S/C17H16N4O2/c1-11(2)14-10-15(21-9-8-13(20-21)17(22)23)19-16(18-14)12-6-4-3-5-7-12/h3-11H,1-2H3,(H,22,23). The summed E-state index contributed by atoms with van der Waals surface area (Å²) in [6.45, 7) is 4.10. The number of carbonyl (C=O) groups is 1.